The van der Waals surface area contributed by atoms with Crippen LogP contribution in [0.4, 0.5) is 11.6 Å². The van der Waals surface area contributed by atoms with E-state index in [9.17, 15) is 9.59 Å². The number of ether oxygens (including phenoxy) is 3. The predicted molar refractivity (Wildman–Crippen MR) is 145 cm³/mol. The van der Waals surface area contributed by atoms with Gasteiger partial charge in [0.2, 0.25) is 0 Å². The second kappa shape index (κ2) is 10.7. The number of morpholine rings is 2. The molecule has 3 fully saturated rings. The second-order valence-corrected chi connectivity index (χ2v) is 9.92. The van der Waals surface area contributed by atoms with Crippen molar-refractivity contribution >= 4 is 28.4 Å². The molecule has 0 bridgehead atoms. The molecule has 9 heteroatoms. The number of methoxy groups -OCH3 is 1. The van der Waals surface area contributed by atoms with Crippen molar-refractivity contribution in [2.24, 2.45) is 0 Å². The van der Waals surface area contributed by atoms with Crippen LogP contribution in [-0.4, -0.2) is 77.1 Å². The zero-order chi connectivity index (χ0) is 26.1. The zero-order valence-corrected chi connectivity index (χ0v) is 21.7. The molecule has 2 aromatic carbocycles. The molecule has 6 rings (SSSR count). The molecule has 1 aromatic heterocycles. The lowest BCUT2D eigenvalue weighted by Crippen LogP contribution is -2.40. The van der Waals surface area contributed by atoms with Crippen molar-refractivity contribution < 1.29 is 23.4 Å². The number of rotatable bonds is 5. The standard InChI is InChI=1S/C29H33N3O6/c1-35-26-7-3-2-5-24(26)32-8-4-6-23(32)21-17-20(29(34)31-11-15-37-16-12-31)18-22-25(33)19-27(38-28(21)22)30-9-13-36-14-10-30/h2-3,5,7,17-19,23H,4,6,8-16H2,1H3/t23-/m1/s1. The number of hydrogen-bond acceptors (Lipinski definition) is 8. The highest BCUT2D eigenvalue weighted by Gasteiger charge is 2.32. The van der Waals surface area contributed by atoms with Gasteiger partial charge in [-0.05, 0) is 37.1 Å². The smallest absolute Gasteiger partial charge is 0.254 e. The highest BCUT2D eigenvalue weighted by molar-refractivity contribution is 5.99. The predicted octanol–water partition coefficient (Wildman–Crippen LogP) is 3.45. The van der Waals surface area contributed by atoms with Gasteiger partial charge >= 0.3 is 0 Å². The maximum atomic E-state index is 13.6. The third-order valence-electron chi connectivity index (χ3n) is 7.72. The van der Waals surface area contributed by atoms with E-state index >= 15 is 0 Å². The summed E-state index contributed by atoms with van der Waals surface area (Å²) in [6, 6.07) is 13.1. The SMILES string of the molecule is COc1ccccc1N1CCC[C@@H]1c1cc(C(=O)N2CCOCC2)cc2c(=O)cc(N3CCOCC3)oc12. The number of carbonyl (C=O) groups is 1. The summed E-state index contributed by atoms with van der Waals surface area (Å²) in [5, 5.41) is 0.433. The lowest BCUT2D eigenvalue weighted by molar-refractivity contribution is 0.0303. The molecular formula is C29H33N3O6. The first-order chi connectivity index (χ1) is 18.6. The molecule has 0 saturated carbocycles. The number of amides is 1. The summed E-state index contributed by atoms with van der Waals surface area (Å²) < 4.78 is 23.1. The first-order valence-electron chi connectivity index (χ1n) is 13.4. The van der Waals surface area contributed by atoms with Crippen molar-refractivity contribution in [3.05, 3.63) is 63.8 Å². The number of para-hydroxylation sites is 2. The molecule has 3 aromatic rings. The summed E-state index contributed by atoms with van der Waals surface area (Å²) in [6.45, 7) is 5.44. The van der Waals surface area contributed by atoms with Gasteiger partial charge in [0.15, 0.2) is 11.3 Å². The summed E-state index contributed by atoms with van der Waals surface area (Å²) in [5.41, 5.74) is 2.75. The van der Waals surface area contributed by atoms with Crippen molar-refractivity contribution in [2.45, 2.75) is 18.9 Å². The van der Waals surface area contributed by atoms with E-state index in [0.717, 1.165) is 36.4 Å². The molecule has 3 aliphatic rings. The lowest BCUT2D eigenvalue weighted by atomic mass is 9.97. The summed E-state index contributed by atoms with van der Waals surface area (Å²) in [4.78, 5) is 33.2. The highest BCUT2D eigenvalue weighted by atomic mass is 16.5. The molecule has 1 amide bonds. The van der Waals surface area contributed by atoms with Crippen LogP contribution < -0.4 is 20.0 Å². The number of hydrogen-bond donors (Lipinski definition) is 0. The van der Waals surface area contributed by atoms with Crippen molar-refractivity contribution in [2.75, 3.05) is 76.1 Å². The van der Waals surface area contributed by atoms with Gasteiger partial charge in [-0.3, -0.25) is 9.59 Å². The minimum Gasteiger partial charge on any atom is -0.495 e. The summed E-state index contributed by atoms with van der Waals surface area (Å²) in [5.74, 6) is 1.25. The molecule has 3 aliphatic heterocycles. The van der Waals surface area contributed by atoms with Crippen LogP contribution in [-0.2, 0) is 9.47 Å². The average molecular weight is 520 g/mol. The van der Waals surface area contributed by atoms with Crippen LogP contribution in [0.15, 0.2) is 51.7 Å². The van der Waals surface area contributed by atoms with Crippen molar-refractivity contribution in [3.8, 4) is 5.75 Å². The monoisotopic (exact) mass is 519 g/mol. The topological polar surface area (TPSA) is 84.7 Å². The molecule has 9 nitrogen and oxygen atoms in total. The average Bonchev–Trinajstić information content (AvgIpc) is 3.47. The van der Waals surface area contributed by atoms with Gasteiger partial charge in [0, 0.05) is 49.9 Å². The summed E-state index contributed by atoms with van der Waals surface area (Å²) in [7, 11) is 1.68. The van der Waals surface area contributed by atoms with Crippen LogP contribution >= 0.6 is 0 Å². The quantitative estimate of drug-likeness (QED) is 0.507. The third-order valence-corrected chi connectivity index (χ3v) is 7.72. The van der Waals surface area contributed by atoms with Gasteiger partial charge in [0.05, 0.1) is 50.7 Å². The van der Waals surface area contributed by atoms with Crippen LogP contribution in [0.1, 0.15) is 34.8 Å². The van der Waals surface area contributed by atoms with Gasteiger partial charge in [-0.15, -0.1) is 0 Å². The first-order valence-corrected chi connectivity index (χ1v) is 13.4. The van der Waals surface area contributed by atoms with Crippen LogP contribution in [0, 0.1) is 0 Å². The van der Waals surface area contributed by atoms with E-state index in [1.54, 1.807) is 24.1 Å². The Morgan fingerprint density at radius 2 is 1.68 bits per heavy atom. The van der Waals surface area contributed by atoms with Gasteiger partial charge in [-0.2, -0.15) is 0 Å². The Kier molecular flexibility index (Phi) is 6.95. The van der Waals surface area contributed by atoms with Crippen LogP contribution in [0.2, 0.25) is 0 Å². The van der Waals surface area contributed by atoms with Crippen molar-refractivity contribution in [1.29, 1.82) is 0 Å². The molecule has 0 N–H and O–H groups in total. The zero-order valence-electron chi connectivity index (χ0n) is 21.7. The number of anilines is 2. The second-order valence-electron chi connectivity index (χ2n) is 9.92. The molecule has 0 spiro atoms. The Bertz CT molecular complexity index is 1380. The third kappa shape index (κ3) is 4.61. The van der Waals surface area contributed by atoms with Gasteiger partial charge in [-0.1, -0.05) is 12.1 Å². The fraction of sp³-hybridized carbons (Fsp3) is 0.448. The molecule has 3 saturated heterocycles. The Balaban J connectivity index is 1.50. The molecule has 200 valence electrons. The van der Waals surface area contributed by atoms with Gasteiger partial charge < -0.3 is 33.3 Å². The maximum Gasteiger partial charge on any atom is 0.254 e. The number of fused-ring (bicyclic) bond motifs is 1. The van der Waals surface area contributed by atoms with E-state index in [4.69, 9.17) is 18.6 Å². The summed E-state index contributed by atoms with van der Waals surface area (Å²) in [6.07, 6.45) is 1.84. The first kappa shape index (κ1) is 24.8. The van der Waals surface area contributed by atoms with Crippen LogP contribution in [0.3, 0.4) is 0 Å². The Morgan fingerprint density at radius 3 is 2.45 bits per heavy atom. The molecule has 1 atom stereocenters. The molecule has 4 heterocycles. The Labute approximate surface area is 221 Å². The van der Waals surface area contributed by atoms with E-state index < -0.39 is 0 Å². The molecule has 38 heavy (non-hydrogen) atoms. The molecule has 0 aliphatic carbocycles. The van der Waals surface area contributed by atoms with Gasteiger partial charge in [0.25, 0.3) is 5.91 Å². The van der Waals surface area contributed by atoms with E-state index in [2.05, 4.69) is 11.0 Å². The lowest BCUT2D eigenvalue weighted by Gasteiger charge is -2.31. The van der Waals surface area contributed by atoms with E-state index in [0.29, 0.717) is 75.0 Å². The van der Waals surface area contributed by atoms with E-state index in [1.807, 2.05) is 29.2 Å². The van der Waals surface area contributed by atoms with Gasteiger partial charge in [-0.25, -0.2) is 0 Å². The summed E-state index contributed by atoms with van der Waals surface area (Å²) >= 11 is 0. The molecule has 0 radical (unpaired) electrons. The van der Waals surface area contributed by atoms with E-state index in [-0.39, 0.29) is 17.4 Å². The fourth-order valence-corrected chi connectivity index (χ4v) is 5.78. The van der Waals surface area contributed by atoms with Crippen molar-refractivity contribution in [1.82, 2.24) is 4.90 Å². The largest absolute Gasteiger partial charge is 0.495 e. The fourth-order valence-electron chi connectivity index (χ4n) is 5.78. The highest BCUT2D eigenvalue weighted by Crippen LogP contribution is 2.43. The molecule has 0 unspecified atom stereocenters. The van der Waals surface area contributed by atoms with Crippen LogP contribution in [0.25, 0.3) is 11.0 Å². The minimum absolute atomic E-state index is 0.0747. The Morgan fingerprint density at radius 1 is 0.947 bits per heavy atom. The number of carbonyl (C=O) groups excluding carboxylic acids is 1. The van der Waals surface area contributed by atoms with E-state index in [1.165, 1.54) is 0 Å². The normalized spacial score (nSPS) is 20.2. The van der Waals surface area contributed by atoms with Gasteiger partial charge in [0.1, 0.15) is 11.3 Å². The number of benzene rings is 2. The Hall–Kier alpha value is -3.56. The van der Waals surface area contributed by atoms with Crippen LogP contribution in [0.5, 0.6) is 5.75 Å². The maximum absolute atomic E-state index is 13.6. The van der Waals surface area contributed by atoms with Crippen molar-refractivity contribution in [3.63, 3.8) is 0 Å². The number of nitrogens with zero attached hydrogens (tertiary/aromatic N) is 3. The molecular weight excluding hydrogens is 486 g/mol. The minimum atomic E-state index is -0.146.